The van der Waals surface area contributed by atoms with E-state index in [1.54, 1.807) is 7.05 Å². The zero-order valence-corrected chi connectivity index (χ0v) is 9.34. The zero-order valence-electron chi connectivity index (χ0n) is 9.34. The van der Waals surface area contributed by atoms with E-state index in [-0.39, 0.29) is 0 Å². The van der Waals surface area contributed by atoms with Crippen molar-refractivity contribution >= 4 is 16.6 Å². The van der Waals surface area contributed by atoms with Gasteiger partial charge < -0.3 is 4.74 Å². The molecule has 2 N–H and O–H groups in total. The number of benzene rings is 1. The van der Waals surface area contributed by atoms with Crippen LogP contribution < -0.4 is 15.6 Å². The quantitative estimate of drug-likeness (QED) is 0.622. The topological polar surface area (TPSA) is 64.3 Å². The number of ether oxygens (including phenoxy) is 1. The molecular formula is C11H14N4O. The lowest BCUT2D eigenvalue weighted by Gasteiger charge is -2.14. The molecule has 2 aromatic rings. The Morgan fingerprint density at radius 2 is 1.94 bits per heavy atom. The van der Waals surface area contributed by atoms with Crippen molar-refractivity contribution in [3.05, 3.63) is 24.3 Å². The van der Waals surface area contributed by atoms with Crippen LogP contribution in [0, 0.1) is 0 Å². The first kappa shape index (κ1) is 10.6. The molecule has 1 aromatic carbocycles. The molecule has 0 saturated carbocycles. The summed E-state index contributed by atoms with van der Waals surface area (Å²) in [4.78, 5) is 0. The Morgan fingerprint density at radius 3 is 2.56 bits per heavy atom. The summed E-state index contributed by atoms with van der Waals surface area (Å²) in [6.07, 6.45) is 0. The summed E-state index contributed by atoms with van der Waals surface area (Å²) in [6, 6.07) is 7.77. The van der Waals surface area contributed by atoms with Crippen LogP contribution in [0.2, 0.25) is 0 Å². The second-order valence-corrected chi connectivity index (χ2v) is 3.42. The summed E-state index contributed by atoms with van der Waals surface area (Å²) < 4.78 is 5.42. The summed E-state index contributed by atoms with van der Waals surface area (Å²) in [5.41, 5.74) is 0. The lowest BCUT2D eigenvalue weighted by Crippen LogP contribution is -2.26. The predicted molar refractivity (Wildman–Crippen MR) is 63.3 cm³/mol. The molecule has 2 rings (SSSR count). The first-order valence-corrected chi connectivity index (χ1v) is 5.10. The number of nitrogens with zero attached hydrogens (tertiary/aromatic N) is 3. The van der Waals surface area contributed by atoms with Gasteiger partial charge in [-0.05, 0) is 13.0 Å². The van der Waals surface area contributed by atoms with Crippen molar-refractivity contribution in [3.8, 4) is 5.88 Å². The Balaban J connectivity index is 2.67. The highest BCUT2D eigenvalue weighted by molar-refractivity contribution is 5.94. The van der Waals surface area contributed by atoms with E-state index in [2.05, 4.69) is 10.2 Å². The highest BCUT2D eigenvalue weighted by atomic mass is 16.5. The lowest BCUT2D eigenvalue weighted by molar-refractivity contribution is 0.327. The van der Waals surface area contributed by atoms with E-state index in [9.17, 15) is 0 Å². The molecule has 84 valence electrons. The summed E-state index contributed by atoms with van der Waals surface area (Å²) >= 11 is 0. The summed E-state index contributed by atoms with van der Waals surface area (Å²) in [5.74, 6) is 6.88. The van der Waals surface area contributed by atoms with Crippen LogP contribution in [-0.2, 0) is 0 Å². The van der Waals surface area contributed by atoms with Crippen molar-refractivity contribution in [3.63, 3.8) is 0 Å². The van der Waals surface area contributed by atoms with E-state index in [4.69, 9.17) is 10.6 Å². The molecule has 0 aliphatic rings. The van der Waals surface area contributed by atoms with Crippen molar-refractivity contribution in [1.82, 2.24) is 10.2 Å². The van der Waals surface area contributed by atoms with Crippen LogP contribution >= 0.6 is 0 Å². The number of rotatable bonds is 3. The molecule has 0 aliphatic carbocycles. The number of hydrogen-bond donors (Lipinski definition) is 1. The van der Waals surface area contributed by atoms with Crippen LogP contribution in [0.15, 0.2) is 24.3 Å². The monoisotopic (exact) mass is 218 g/mol. The highest BCUT2D eigenvalue weighted by Crippen LogP contribution is 2.27. The van der Waals surface area contributed by atoms with Crippen molar-refractivity contribution < 1.29 is 4.74 Å². The molecule has 0 aliphatic heterocycles. The summed E-state index contributed by atoms with van der Waals surface area (Å²) in [6.45, 7) is 2.48. The van der Waals surface area contributed by atoms with Crippen molar-refractivity contribution in [1.29, 1.82) is 0 Å². The second-order valence-electron chi connectivity index (χ2n) is 3.42. The first-order chi connectivity index (χ1) is 7.74. The number of fused-ring (bicyclic) bond motifs is 1. The van der Waals surface area contributed by atoms with E-state index >= 15 is 0 Å². The highest BCUT2D eigenvalue weighted by Gasteiger charge is 2.10. The summed E-state index contributed by atoms with van der Waals surface area (Å²) in [5, 5.41) is 11.4. The van der Waals surface area contributed by atoms with Crippen LogP contribution in [0.3, 0.4) is 0 Å². The lowest BCUT2D eigenvalue weighted by atomic mass is 10.2. The van der Waals surface area contributed by atoms with Gasteiger partial charge >= 0.3 is 0 Å². The fraction of sp³-hybridized carbons (Fsp3) is 0.273. The summed E-state index contributed by atoms with van der Waals surface area (Å²) in [7, 11) is 1.73. The van der Waals surface area contributed by atoms with Gasteiger partial charge in [0.25, 0.3) is 0 Å². The van der Waals surface area contributed by atoms with Crippen LogP contribution in [0.25, 0.3) is 10.8 Å². The van der Waals surface area contributed by atoms with Gasteiger partial charge in [-0.2, -0.15) is 0 Å². The number of anilines is 1. The van der Waals surface area contributed by atoms with Crippen molar-refractivity contribution in [2.24, 2.45) is 5.84 Å². The predicted octanol–water partition coefficient (Wildman–Crippen LogP) is 1.34. The molecule has 0 fully saturated rings. The molecule has 0 saturated heterocycles. The van der Waals surface area contributed by atoms with Crippen molar-refractivity contribution in [2.75, 3.05) is 18.7 Å². The molecular weight excluding hydrogens is 204 g/mol. The second kappa shape index (κ2) is 4.32. The third-order valence-electron chi connectivity index (χ3n) is 2.25. The molecule has 0 radical (unpaired) electrons. The molecule has 1 aromatic heterocycles. The van der Waals surface area contributed by atoms with Gasteiger partial charge in [0.05, 0.1) is 6.61 Å². The van der Waals surface area contributed by atoms with Crippen LogP contribution in [-0.4, -0.2) is 23.9 Å². The minimum Gasteiger partial charge on any atom is -0.476 e. The van der Waals surface area contributed by atoms with Gasteiger partial charge in [-0.15, -0.1) is 10.2 Å². The zero-order chi connectivity index (χ0) is 11.5. The van der Waals surface area contributed by atoms with Gasteiger partial charge in [0.2, 0.25) is 5.88 Å². The van der Waals surface area contributed by atoms with E-state index < -0.39 is 0 Å². The van der Waals surface area contributed by atoms with Crippen LogP contribution in [0.4, 0.5) is 5.82 Å². The average Bonchev–Trinajstić information content (AvgIpc) is 2.29. The Labute approximate surface area is 93.8 Å². The minimum absolute atomic E-state index is 0.545. The molecule has 16 heavy (non-hydrogen) atoms. The maximum atomic E-state index is 5.69. The van der Waals surface area contributed by atoms with E-state index in [0.717, 1.165) is 10.8 Å². The standard InChI is InChI=1S/C11H14N4O/c1-3-16-11-9-7-5-4-6-8(9)10(13-14-11)15(2)12/h4-7H,3,12H2,1-2H3. The number of aromatic nitrogens is 2. The Hall–Kier alpha value is -1.88. The fourth-order valence-electron chi connectivity index (χ4n) is 1.57. The molecule has 1 heterocycles. The molecule has 5 nitrogen and oxygen atoms in total. The maximum absolute atomic E-state index is 5.69. The minimum atomic E-state index is 0.545. The van der Waals surface area contributed by atoms with Crippen molar-refractivity contribution in [2.45, 2.75) is 6.92 Å². The van der Waals surface area contributed by atoms with Gasteiger partial charge in [0.15, 0.2) is 5.82 Å². The molecule has 0 amide bonds. The van der Waals surface area contributed by atoms with Gasteiger partial charge in [-0.3, -0.25) is 5.01 Å². The van der Waals surface area contributed by atoms with Crippen LogP contribution in [0.1, 0.15) is 6.92 Å². The number of hydrazine groups is 1. The maximum Gasteiger partial charge on any atom is 0.241 e. The Bertz CT molecular complexity index is 498. The van der Waals surface area contributed by atoms with Gasteiger partial charge in [0.1, 0.15) is 0 Å². The van der Waals surface area contributed by atoms with Gasteiger partial charge in [-0.25, -0.2) is 5.84 Å². The average molecular weight is 218 g/mol. The Morgan fingerprint density at radius 1 is 1.25 bits per heavy atom. The van der Waals surface area contributed by atoms with E-state index in [0.29, 0.717) is 18.3 Å². The normalized spacial score (nSPS) is 10.4. The fourth-order valence-corrected chi connectivity index (χ4v) is 1.57. The molecule has 0 atom stereocenters. The SMILES string of the molecule is CCOc1nnc(N(C)N)c2ccccc12. The third-order valence-corrected chi connectivity index (χ3v) is 2.25. The molecule has 5 heteroatoms. The molecule has 0 unspecified atom stereocenters. The largest absolute Gasteiger partial charge is 0.476 e. The Kier molecular flexibility index (Phi) is 2.87. The third kappa shape index (κ3) is 1.77. The van der Waals surface area contributed by atoms with Crippen LogP contribution in [0.5, 0.6) is 5.88 Å². The molecule has 0 spiro atoms. The van der Waals surface area contributed by atoms with Gasteiger partial charge in [0, 0.05) is 17.8 Å². The van der Waals surface area contributed by atoms with E-state index in [1.165, 1.54) is 5.01 Å². The first-order valence-electron chi connectivity index (χ1n) is 5.10. The van der Waals surface area contributed by atoms with E-state index in [1.807, 2.05) is 31.2 Å². The number of nitrogens with two attached hydrogens (primary N) is 1. The number of hydrogen-bond acceptors (Lipinski definition) is 5. The van der Waals surface area contributed by atoms with Gasteiger partial charge in [-0.1, -0.05) is 18.2 Å². The molecule has 0 bridgehead atoms. The smallest absolute Gasteiger partial charge is 0.241 e.